The van der Waals surface area contributed by atoms with Crippen LogP contribution in [-0.4, -0.2) is 32.7 Å². The first-order chi connectivity index (χ1) is 15.0. The van der Waals surface area contributed by atoms with Crippen molar-refractivity contribution in [1.82, 2.24) is 5.32 Å². The third-order valence-corrected chi connectivity index (χ3v) is 4.85. The third-order valence-electron chi connectivity index (χ3n) is 4.85. The molecule has 1 N–H and O–H groups in total. The van der Waals surface area contributed by atoms with Crippen molar-refractivity contribution in [2.24, 2.45) is 0 Å². The first-order valence-electron chi connectivity index (χ1n) is 9.86. The third kappa shape index (κ3) is 5.42. The highest BCUT2D eigenvalue weighted by Crippen LogP contribution is 2.31. The molecule has 0 aliphatic rings. The van der Waals surface area contributed by atoms with Gasteiger partial charge >= 0.3 is 5.97 Å². The van der Waals surface area contributed by atoms with Gasteiger partial charge in [-0.3, -0.25) is 4.79 Å². The molecule has 3 aromatic rings. The molecule has 3 rings (SSSR count). The van der Waals surface area contributed by atoms with Crippen molar-refractivity contribution in [2.45, 2.75) is 13.0 Å². The van der Waals surface area contributed by atoms with Crippen molar-refractivity contribution in [3.8, 4) is 11.5 Å². The van der Waals surface area contributed by atoms with E-state index in [4.69, 9.17) is 14.2 Å². The van der Waals surface area contributed by atoms with Crippen LogP contribution < -0.4 is 14.8 Å². The van der Waals surface area contributed by atoms with Crippen LogP contribution in [-0.2, 0) is 14.3 Å². The van der Waals surface area contributed by atoms with Crippen LogP contribution in [0.3, 0.4) is 0 Å². The predicted molar refractivity (Wildman–Crippen MR) is 120 cm³/mol. The molecule has 0 saturated carbocycles. The first-order valence-corrected chi connectivity index (χ1v) is 9.86. The lowest BCUT2D eigenvalue weighted by molar-refractivity contribution is -0.144. The zero-order valence-electron chi connectivity index (χ0n) is 17.8. The molecule has 31 heavy (non-hydrogen) atoms. The number of para-hydroxylation sites is 1. The number of benzene rings is 3. The van der Waals surface area contributed by atoms with Gasteiger partial charge in [-0.25, -0.2) is 4.79 Å². The Morgan fingerprint density at radius 3 is 2.48 bits per heavy atom. The number of hydrogen-bond acceptors (Lipinski definition) is 5. The monoisotopic (exact) mass is 419 g/mol. The number of carbonyl (C=O) groups is 2. The Labute approximate surface area is 181 Å². The SMILES string of the molecule is COc1cccc(/C=C/C(=O)OCC(=O)N[C@@H](C)c2cccc3ccccc23)c1OC. The second-order valence-corrected chi connectivity index (χ2v) is 6.88. The van der Waals surface area contributed by atoms with Crippen molar-refractivity contribution < 1.29 is 23.8 Å². The van der Waals surface area contributed by atoms with Crippen molar-refractivity contribution in [3.05, 3.63) is 77.9 Å². The number of fused-ring (bicyclic) bond motifs is 1. The largest absolute Gasteiger partial charge is 0.493 e. The molecule has 0 bridgehead atoms. The smallest absolute Gasteiger partial charge is 0.331 e. The van der Waals surface area contributed by atoms with E-state index in [-0.39, 0.29) is 18.6 Å². The maximum atomic E-state index is 12.3. The summed E-state index contributed by atoms with van der Waals surface area (Å²) >= 11 is 0. The Morgan fingerprint density at radius 2 is 1.71 bits per heavy atom. The summed E-state index contributed by atoms with van der Waals surface area (Å²) in [6.07, 6.45) is 2.80. The molecule has 6 nitrogen and oxygen atoms in total. The summed E-state index contributed by atoms with van der Waals surface area (Å²) in [5, 5.41) is 5.05. The maximum Gasteiger partial charge on any atom is 0.331 e. The quantitative estimate of drug-likeness (QED) is 0.436. The topological polar surface area (TPSA) is 73.9 Å². The van der Waals surface area contributed by atoms with Crippen LogP contribution in [0.2, 0.25) is 0 Å². The van der Waals surface area contributed by atoms with Gasteiger partial charge in [-0.2, -0.15) is 0 Å². The molecule has 0 fully saturated rings. The van der Waals surface area contributed by atoms with Crippen molar-refractivity contribution in [3.63, 3.8) is 0 Å². The lowest BCUT2D eigenvalue weighted by atomic mass is 10.00. The maximum absolute atomic E-state index is 12.3. The average molecular weight is 419 g/mol. The molecule has 1 amide bonds. The number of carbonyl (C=O) groups excluding carboxylic acids is 2. The highest BCUT2D eigenvalue weighted by atomic mass is 16.5. The average Bonchev–Trinajstić information content (AvgIpc) is 2.80. The Balaban J connectivity index is 1.57. The summed E-state index contributed by atoms with van der Waals surface area (Å²) in [4.78, 5) is 24.3. The molecule has 0 spiro atoms. The van der Waals surface area contributed by atoms with Crippen molar-refractivity contribution in [2.75, 3.05) is 20.8 Å². The molecular weight excluding hydrogens is 394 g/mol. The van der Waals surface area contributed by atoms with Gasteiger partial charge < -0.3 is 19.5 Å². The molecule has 0 aliphatic carbocycles. The lowest BCUT2D eigenvalue weighted by Crippen LogP contribution is -2.31. The van der Waals surface area contributed by atoms with E-state index in [1.165, 1.54) is 20.3 Å². The van der Waals surface area contributed by atoms with Crippen LogP contribution in [0, 0.1) is 0 Å². The van der Waals surface area contributed by atoms with Crippen molar-refractivity contribution in [1.29, 1.82) is 0 Å². The normalized spacial score (nSPS) is 11.8. The fraction of sp³-hybridized carbons (Fsp3) is 0.200. The molecule has 3 aromatic carbocycles. The summed E-state index contributed by atoms with van der Waals surface area (Å²) in [5.41, 5.74) is 1.66. The van der Waals surface area contributed by atoms with Gasteiger partial charge in [0.15, 0.2) is 18.1 Å². The van der Waals surface area contributed by atoms with Gasteiger partial charge in [0.25, 0.3) is 5.91 Å². The molecule has 1 atom stereocenters. The molecule has 0 heterocycles. The van der Waals surface area contributed by atoms with E-state index in [0.29, 0.717) is 17.1 Å². The van der Waals surface area contributed by atoms with E-state index in [9.17, 15) is 9.59 Å². The number of esters is 1. The molecule has 0 aliphatic heterocycles. The minimum Gasteiger partial charge on any atom is -0.493 e. The molecule has 0 saturated heterocycles. The van der Waals surface area contributed by atoms with E-state index >= 15 is 0 Å². The number of hydrogen-bond donors (Lipinski definition) is 1. The summed E-state index contributed by atoms with van der Waals surface area (Å²) in [6, 6.07) is 19.0. The van der Waals surface area contributed by atoms with Gasteiger partial charge in [-0.1, -0.05) is 54.6 Å². The lowest BCUT2D eigenvalue weighted by Gasteiger charge is -2.16. The van der Waals surface area contributed by atoms with E-state index in [1.54, 1.807) is 24.3 Å². The summed E-state index contributed by atoms with van der Waals surface area (Å²) in [6.45, 7) is 1.53. The summed E-state index contributed by atoms with van der Waals surface area (Å²) in [7, 11) is 3.06. The van der Waals surface area contributed by atoms with E-state index in [1.807, 2.05) is 49.4 Å². The highest BCUT2D eigenvalue weighted by molar-refractivity contribution is 5.90. The molecule has 0 aromatic heterocycles. The summed E-state index contributed by atoms with van der Waals surface area (Å²) in [5.74, 6) is 0.0644. The van der Waals surface area contributed by atoms with Crippen molar-refractivity contribution >= 4 is 28.7 Å². The Bertz CT molecular complexity index is 1100. The minimum absolute atomic E-state index is 0.228. The highest BCUT2D eigenvalue weighted by Gasteiger charge is 2.13. The van der Waals surface area contributed by atoms with Crippen LogP contribution in [0.15, 0.2) is 66.7 Å². The second kappa shape index (κ2) is 10.3. The number of methoxy groups -OCH3 is 2. The molecule has 0 radical (unpaired) electrons. The molecule has 0 unspecified atom stereocenters. The fourth-order valence-corrected chi connectivity index (χ4v) is 3.37. The van der Waals surface area contributed by atoms with Crippen LogP contribution in [0.4, 0.5) is 0 Å². The van der Waals surface area contributed by atoms with Gasteiger partial charge in [0.1, 0.15) is 0 Å². The van der Waals surface area contributed by atoms with E-state index < -0.39 is 5.97 Å². The minimum atomic E-state index is -0.627. The van der Waals surface area contributed by atoms with Crippen LogP contribution >= 0.6 is 0 Å². The van der Waals surface area contributed by atoms with Gasteiger partial charge in [-0.05, 0) is 35.4 Å². The Kier molecular flexibility index (Phi) is 7.27. The van der Waals surface area contributed by atoms with Gasteiger partial charge in [0, 0.05) is 11.6 Å². The van der Waals surface area contributed by atoms with Crippen LogP contribution in [0.1, 0.15) is 24.1 Å². The number of amides is 1. The van der Waals surface area contributed by atoms with Gasteiger partial charge in [-0.15, -0.1) is 0 Å². The Morgan fingerprint density at radius 1 is 0.968 bits per heavy atom. The first kappa shape index (κ1) is 21.9. The van der Waals surface area contributed by atoms with E-state index in [2.05, 4.69) is 5.32 Å². The van der Waals surface area contributed by atoms with Crippen LogP contribution in [0.25, 0.3) is 16.8 Å². The second-order valence-electron chi connectivity index (χ2n) is 6.88. The van der Waals surface area contributed by atoms with E-state index in [0.717, 1.165) is 16.3 Å². The van der Waals surface area contributed by atoms with Crippen LogP contribution in [0.5, 0.6) is 11.5 Å². The Hall–Kier alpha value is -3.80. The molecule has 6 heteroatoms. The molecular formula is C25H25NO5. The summed E-state index contributed by atoms with van der Waals surface area (Å²) < 4.78 is 15.6. The zero-order chi connectivity index (χ0) is 22.2. The fourth-order valence-electron chi connectivity index (χ4n) is 3.37. The molecule has 160 valence electrons. The van der Waals surface area contributed by atoms with Gasteiger partial charge in [0.05, 0.1) is 20.3 Å². The number of ether oxygens (including phenoxy) is 3. The predicted octanol–water partition coefficient (Wildman–Crippen LogP) is 4.29. The standard InChI is InChI=1S/C25H25NO5/c1-17(20-12-6-9-18-8-4-5-11-21(18)20)26-23(27)16-31-24(28)15-14-19-10-7-13-22(29-2)25(19)30-3/h4-15,17H,16H2,1-3H3,(H,26,27)/b15-14+/t17-/m0/s1. The number of rotatable bonds is 8. The number of nitrogens with one attached hydrogen (secondary N) is 1. The van der Waals surface area contributed by atoms with Gasteiger partial charge in [0.2, 0.25) is 0 Å². The zero-order valence-corrected chi connectivity index (χ0v) is 17.8.